The monoisotopic (exact) mass is 338 g/mol. The van der Waals surface area contributed by atoms with Gasteiger partial charge in [0, 0.05) is 12.6 Å². The highest BCUT2D eigenvalue weighted by Crippen LogP contribution is 2.27. The number of rotatable bonds is 5. The van der Waals surface area contributed by atoms with Crippen molar-refractivity contribution in [2.24, 2.45) is 5.92 Å². The van der Waals surface area contributed by atoms with Crippen LogP contribution in [0.15, 0.2) is 32.3 Å². The van der Waals surface area contributed by atoms with Gasteiger partial charge in [-0.1, -0.05) is 11.6 Å². The normalized spacial score (nSPS) is 15.1. The molecule has 7 heteroatoms. The minimum Gasteiger partial charge on any atom is -0.374 e. The first-order chi connectivity index (χ1) is 9.74. The Bertz CT molecular complexity index is 634. The summed E-state index contributed by atoms with van der Waals surface area (Å²) in [7, 11) is 0. The van der Waals surface area contributed by atoms with Crippen molar-refractivity contribution in [2.75, 3.05) is 5.32 Å². The molecule has 3 rings (SSSR count). The lowest BCUT2D eigenvalue weighted by atomic mass is 9.85. The number of aromatic nitrogens is 3. The Balaban J connectivity index is 1.77. The zero-order valence-electron chi connectivity index (χ0n) is 10.9. The number of hydrogen-bond acceptors (Lipinski definition) is 5. The van der Waals surface area contributed by atoms with Gasteiger partial charge in [0.25, 0.3) is 5.56 Å². The van der Waals surface area contributed by atoms with Crippen molar-refractivity contribution in [1.29, 1.82) is 0 Å². The van der Waals surface area contributed by atoms with Gasteiger partial charge in [-0.3, -0.25) is 4.79 Å². The Hall–Kier alpha value is -1.63. The highest BCUT2D eigenvalue weighted by molar-refractivity contribution is 9.10. The van der Waals surface area contributed by atoms with E-state index in [4.69, 9.17) is 4.52 Å². The highest BCUT2D eigenvalue weighted by atomic mass is 79.9. The Kier molecular flexibility index (Phi) is 3.86. The number of nitrogens with zero attached hydrogens (tertiary/aromatic N) is 3. The van der Waals surface area contributed by atoms with Crippen LogP contribution in [0.4, 0.5) is 5.69 Å². The average molecular weight is 339 g/mol. The third kappa shape index (κ3) is 2.77. The summed E-state index contributed by atoms with van der Waals surface area (Å²) in [5, 5.41) is 11.1. The minimum atomic E-state index is -0.102. The van der Waals surface area contributed by atoms with Crippen LogP contribution in [0.3, 0.4) is 0 Å². The van der Waals surface area contributed by atoms with Crippen molar-refractivity contribution >= 4 is 21.6 Å². The van der Waals surface area contributed by atoms with Crippen molar-refractivity contribution in [3.63, 3.8) is 0 Å². The first-order valence-electron chi connectivity index (χ1n) is 6.63. The predicted molar refractivity (Wildman–Crippen MR) is 77.4 cm³/mol. The fourth-order valence-corrected chi connectivity index (χ4v) is 2.59. The van der Waals surface area contributed by atoms with Gasteiger partial charge in [-0.05, 0) is 34.7 Å². The SMILES string of the molecule is O=c1c(NCc2ccon2)c(Br)cnn1CC1CCC1. The van der Waals surface area contributed by atoms with E-state index in [0.717, 1.165) is 5.69 Å². The largest absolute Gasteiger partial charge is 0.374 e. The first kappa shape index (κ1) is 13.4. The van der Waals surface area contributed by atoms with Gasteiger partial charge in [-0.2, -0.15) is 5.10 Å². The number of nitrogens with one attached hydrogen (secondary N) is 1. The molecule has 2 aromatic rings. The Morgan fingerprint density at radius 1 is 1.50 bits per heavy atom. The summed E-state index contributed by atoms with van der Waals surface area (Å²) in [5.74, 6) is 0.588. The molecule has 0 amide bonds. The van der Waals surface area contributed by atoms with E-state index in [0.29, 0.717) is 29.2 Å². The van der Waals surface area contributed by atoms with Gasteiger partial charge < -0.3 is 9.84 Å². The van der Waals surface area contributed by atoms with Gasteiger partial charge >= 0.3 is 0 Å². The summed E-state index contributed by atoms with van der Waals surface area (Å²) >= 11 is 3.36. The molecular formula is C13H15BrN4O2. The lowest BCUT2D eigenvalue weighted by Crippen LogP contribution is -2.30. The fourth-order valence-electron chi connectivity index (χ4n) is 2.19. The second-order valence-corrected chi connectivity index (χ2v) is 5.85. The third-order valence-electron chi connectivity index (χ3n) is 3.59. The summed E-state index contributed by atoms with van der Waals surface area (Å²) in [6.07, 6.45) is 6.80. The maximum atomic E-state index is 12.4. The minimum absolute atomic E-state index is 0.102. The van der Waals surface area contributed by atoms with Crippen LogP contribution in [0.5, 0.6) is 0 Å². The molecule has 2 heterocycles. The Morgan fingerprint density at radius 3 is 3.00 bits per heavy atom. The molecule has 0 radical (unpaired) electrons. The van der Waals surface area contributed by atoms with Crippen LogP contribution in [-0.2, 0) is 13.1 Å². The van der Waals surface area contributed by atoms with E-state index in [9.17, 15) is 4.79 Å². The summed E-state index contributed by atoms with van der Waals surface area (Å²) < 4.78 is 6.97. The summed E-state index contributed by atoms with van der Waals surface area (Å²) in [5.41, 5.74) is 1.16. The Morgan fingerprint density at radius 2 is 2.35 bits per heavy atom. The standard InChI is InChI=1S/C13H15BrN4O2/c14-11-7-16-18(8-9-2-1-3-9)13(19)12(11)15-6-10-4-5-20-17-10/h4-5,7,9,15H,1-3,6,8H2. The molecule has 1 aliphatic carbocycles. The summed E-state index contributed by atoms with van der Waals surface area (Å²) in [4.78, 5) is 12.4. The van der Waals surface area contributed by atoms with Crippen molar-refractivity contribution in [2.45, 2.75) is 32.4 Å². The van der Waals surface area contributed by atoms with E-state index in [-0.39, 0.29) is 5.56 Å². The van der Waals surface area contributed by atoms with Gasteiger partial charge in [-0.15, -0.1) is 0 Å². The van der Waals surface area contributed by atoms with Crippen molar-refractivity contribution < 1.29 is 4.52 Å². The van der Waals surface area contributed by atoms with E-state index in [1.54, 1.807) is 16.9 Å². The molecule has 2 aromatic heterocycles. The lowest BCUT2D eigenvalue weighted by Gasteiger charge is -2.25. The molecule has 0 aromatic carbocycles. The molecular weight excluding hydrogens is 324 g/mol. The molecule has 1 aliphatic rings. The number of halogens is 1. The zero-order chi connectivity index (χ0) is 13.9. The van der Waals surface area contributed by atoms with Crippen LogP contribution < -0.4 is 10.9 Å². The molecule has 20 heavy (non-hydrogen) atoms. The number of anilines is 1. The van der Waals surface area contributed by atoms with Gasteiger partial charge in [0.05, 0.1) is 17.2 Å². The van der Waals surface area contributed by atoms with E-state index < -0.39 is 0 Å². The van der Waals surface area contributed by atoms with Gasteiger partial charge in [0.1, 0.15) is 17.6 Å². The van der Waals surface area contributed by atoms with E-state index in [1.807, 2.05) is 0 Å². The van der Waals surface area contributed by atoms with Crippen molar-refractivity contribution in [3.05, 3.63) is 39.0 Å². The van der Waals surface area contributed by atoms with E-state index >= 15 is 0 Å². The molecule has 0 aliphatic heterocycles. The van der Waals surface area contributed by atoms with Crippen LogP contribution in [0.1, 0.15) is 25.0 Å². The Labute approximate surface area is 124 Å². The maximum Gasteiger partial charge on any atom is 0.291 e. The first-order valence-corrected chi connectivity index (χ1v) is 7.42. The topological polar surface area (TPSA) is 73.0 Å². The lowest BCUT2D eigenvalue weighted by molar-refractivity contribution is 0.262. The summed E-state index contributed by atoms with van der Waals surface area (Å²) in [6.45, 7) is 1.14. The summed E-state index contributed by atoms with van der Waals surface area (Å²) in [6, 6.07) is 1.76. The molecule has 0 spiro atoms. The molecule has 1 N–H and O–H groups in total. The van der Waals surface area contributed by atoms with E-state index in [2.05, 4.69) is 31.5 Å². The maximum absolute atomic E-state index is 12.4. The van der Waals surface area contributed by atoms with Crippen LogP contribution >= 0.6 is 15.9 Å². The van der Waals surface area contributed by atoms with E-state index in [1.165, 1.54) is 25.5 Å². The second-order valence-electron chi connectivity index (χ2n) is 5.00. The molecule has 106 valence electrons. The third-order valence-corrected chi connectivity index (χ3v) is 4.19. The van der Waals surface area contributed by atoms with Gasteiger partial charge in [0.15, 0.2) is 0 Å². The highest BCUT2D eigenvalue weighted by Gasteiger charge is 2.20. The fraction of sp³-hybridized carbons (Fsp3) is 0.462. The van der Waals surface area contributed by atoms with Crippen LogP contribution in [0.2, 0.25) is 0 Å². The van der Waals surface area contributed by atoms with Crippen LogP contribution in [-0.4, -0.2) is 14.9 Å². The zero-order valence-corrected chi connectivity index (χ0v) is 12.5. The van der Waals surface area contributed by atoms with Crippen LogP contribution in [0.25, 0.3) is 0 Å². The van der Waals surface area contributed by atoms with Crippen LogP contribution in [0, 0.1) is 5.92 Å². The molecule has 1 fully saturated rings. The molecule has 0 atom stereocenters. The molecule has 0 saturated heterocycles. The predicted octanol–water partition coefficient (Wildman–Crippen LogP) is 2.41. The van der Waals surface area contributed by atoms with Gasteiger partial charge in [0.2, 0.25) is 0 Å². The number of hydrogen-bond donors (Lipinski definition) is 1. The molecule has 0 unspecified atom stereocenters. The average Bonchev–Trinajstić information content (AvgIpc) is 2.89. The molecule has 6 nitrogen and oxygen atoms in total. The smallest absolute Gasteiger partial charge is 0.291 e. The molecule has 0 bridgehead atoms. The second kappa shape index (κ2) is 5.78. The van der Waals surface area contributed by atoms with Crippen molar-refractivity contribution in [3.8, 4) is 0 Å². The molecule has 1 saturated carbocycles. The van der Waals surface area contributed by atoms with Gasteiger partial charge in [-0.25, -0.2) is 4.68 Å². The van der Waals surface area contributed by atoms with Crippen molar-refractivity contribution in [1.82, 2.24) is 14.9 Å². The quantitative estimate of drug-likeness (QED) is 0.906.